The van der Waals surface area contributed by atoms with Crippen LogP contribution in [0.2, 0.25) is 0 Å². The Balaban J connectivity index is 1.64. The van der Waals surface area contributed by atoms with Crippen LogP contribution >= 0.6 is 0 Å². The molecule has 0 radical (unpaired) electrons. The third kappa shape index (κ3) is 2.77. The summed E-state index contributed by atoms with van der Waals surface area (Å²) in [4.78, 5) is 18.6. The van der Waals surface area contributed by atoms with Crippen LogP contribution in [0.15, 0.2) is 53.1 Å². The van der Waals surface area contributed by atoms with Crippen LogP contribution in [0.3, 0.4) is 0 Å². The maximum atomic E-state index is 12.6. The Morgan fingerprint density at radius 1 is 1.15 bits per heavy atom. The minimum Gasteiger partial charge on any atom is -0.496 e. The molecule has 3 aromatic rings. The minimum atomic E-state index is -0.568. The second kappa shape index (κ2) is 6.51. The number of para-hydroxylation sites is 3. The molecule has 0 N–H and O–H groups in total. The Bertz CT molecular complexity index is 953. The zero-order chi connectivity index (χ0) is 18.1. The van der Waals surface area contributed by atoms with Gasteiger partial charge in [-0.25, -0.2) is 0 Å². The van der Waals surface area contributed by atoms with E-state index >= 15 is 0 Å². The fourth-order valence-corrected chi connectivity index (χ4v) is 2.92. The van der Waals surface area contributed by atoms with Gasteiger partial charge in [-0.3, -0.25) is 9.69 Å². The lowest BCUT2D eigenvalue weighted by Crippen LogP contribution is -2.44. The molecule has 1 aromatic heterocycles. The van der Waals surface area contributed by atoms with Crippen LogP contribution in [-0.2, 0) is 11.3 Å². The van der Waals surface area contributed by atoms with E-state index in [1.54, 1.807) is 18.9 Å². The maximum absolute atomic E-state index is 12.6. The van der Waals surface area contributed by atoms with E-state index in [2.05, 4.69) is 10.1 Å². The van der Waals surface area contributed by atoms with E-state index in [4.69, 9.17) is 14.0 Å². The Kier molecular flexibility index (Phi) is 4.04. The highest BCUT2D eigenvalue weighted by Crippen LogP contribution is 2.35. The van der Waals surface area contributed by atoms with Crippen molar-refractivity contribution in [1.82, 2.24) is 10.1 Å². The summed E-state index contributed by atoms with van der Waals surface area (Å²) in [7, 11) is 1.59. The molecule has 26 heavy (non-hydrogen) atoms. The number of aromatic nitrogens is 2. The summed E-state index contributed by atoms with van der Waals surface area (Å²) in [6.07, 6.45) is -0.568. The van der Waals surface area contributed by atoms with Gasteiger partial charge in [0.05, 0.1) is 18.4 Å². The highest BCUT2D eigenvalue weighted by molar-refractivity contribution is 5.99. The standard InChI is InChI=1S/C19H17N3O4/c1-12-19(23)22(14-8-4-6-10-16(14)25-12)11-17-20-18(21-26-17)13-7-3-5-9-15(13)24-2/h3-10,12H,11H2,1-2H3/t12-/m1/s1. The summed E-state index contributed by atoms with van der Waals surface area (Å²) in [5.41, 5.74) is 1.42. The van der Waals surface area contributed by atoms with Gasteiger partial charge in [-0.05, 0) is 31.2 Å². The van der Waals surface area contributed by atoms with Crippen LogP contribution in [0.4, 0.5) is 5.69 Å². The van der Waals surface area contributed by atoms with Gasteiger partial charge in [-0.1, -0.05) is 29.4 Å². The monoisotopic (exact) mass is 351 g/mol. The van der Waals surface area contributed by atoms with E-state index in [0.29, 0.717) is 28.9 Å². The summed E-state index contributed by atoms with van der Waals surface area (Å²) < 4.78 is 16.3. The second-order valence-electron chi connectivity index (χ2n) is 5.86. The number of amides is 1. The second-order valence-corrected chi connectivity index (χ2v) is 5.86. The van der Waals surface area contributed by atoms with Crippen molar-refractivity contribution < 1.29 is 18.8 Å². The highest BCUT2D eigenvalue weighted by Gasteiger charge is 2.32. The fraction of sp³-hybridized carbons (Fsp3) is 0.211. The number of hydrogen-bond acceptors (Lipinski definition) is 6. The SMILES string of the molecule is COc1ccccc1-c1noc(CN2C(=O)[C@@H](C)Oc3ccccc32)n1. The van der Waals surface area contributed by atoms with Gasteiger partial charge in [0.2, 0.25) is 11.7 Å². The van der Waals surface area contributed by atoms with Gasteiger partial charge < -0.3 is 14.0 Å². The molecule has 4 rings (SSSR count). The first kappa shape index (κ1) is 16.1. The van der Waals surface area contributed by atoms with Crippen molar-refractivity contribution in [3.8, 4) is 22.9 Å². The van der Waals surface area contributed by atoms with E-state index in [-0.39, 0.29) is 12.5 Å². The Morgan fingerprint density at radius 2 is 1.92 bits per heavy atom. The number of benzene rings is 2. The van der Waals surface area contributed by atoms with Crippen molar-refractivity contribution in [2.24, 2.45) is 0 Å². The van der Waals surface area contributed by atoms with Gasteiger partial charge in [-0.2, -0.15) is 4.98 Å². The molecule has 0 aliphatic carbocycles. The molecule has 1 atom stereocenters. The van der Waals surface area contributed by atoms with E-state index in [1.807, 2.05) is 48.5 Å². The first-order valence-electron chi connectivity index (χ1n) is 8.20. The number of fused-ring (bicyclic) bond motifs is 1. The van der Waals surface area contributed by atoms with Gasteiger partial charge >= 0.3 is 0 Å². The summed E-state index contributed by atoms with van der Waals surface area (Å²) in [6.45, 7) is 1.89. The number of methoxy groups -OCH3 is 1. The van der Waals surface area contributed by atoms with Gasteiger partial charge in [0, 0.05) is 0 Å². The van der Waals surface area contributed by atoms with Crippen LogP contribution in [0.1, 0.15) is 12.8 Å². The molecule has 0 fully saturated rings. The molecule has 0 unspecified atom stereocenters. The zero-order valence-electron chi connectivity index (χ0n) is 14.4. The van der Waals surface area contributed by atoms with E-state index in [9.17, 15) is 4.79 Å². The molecule has 7 heteroatoms. The minimum absolute atomic E-state index is 0.152. The topological polar surface area (TPSA) is 77.7 Å². The molecule has 2 heterocycles. The van der Waals surface area contributed by atoms with Crippen molar-refractivity contribution >= 4 is 11.6 Å². The quantitative estimate of drug-likeness (QED) is 0.719. The molecular formula is C19H17N3O4. The fourth-order valence-electron chi connectivity index (χ4n) is 2.92. The highest BCUT2D eigenvalue weighted by atomic mass is 16.5. The average Bonchev–Trinajstić information content (AvgIpc) is 3.14. The number of nitrogens with zero attached hydrogens (tertiary/aromatic N) is 3. The van der Waals surface area contributed by atoms with Crippen LogP contribution in [0.25, 0.3) is 11.4 Å². The lowest BCUT2D eigenvalue weighted by Gasteiger charge is -2.31. The molecule has 0 saturated heterocycles. The van der Waals surface area contributed by atoms with Crippen molar-refractivity contribution in [1.29, 1.82) is 0 Å². The van der Waals surface area contributed by atoms with Crippen molar-refractivity contribution in [2.45, 2.75) is 19.6 Å². The van der Waals surface area contributed by atoms with Crippen molar-refractivity contribution in [3.63, 3.8) is 0 Å². The third-order valence-electron chi connectivity index (χ3n) is 4.18. The van der Waals surface area contributed by atoms with E-state index in [1.165, 1.54) is 0 Å². The van der Waals surface area contributed by atoms with Crippen molar-refractivity contribution in [3.05, 3.63) is 54.4 Å². The summed E-state index contributed by atoms with van der Waals surface area (Å²) in [5.74, 6) is 1.91. The van der Waals surface area contributed by atoms with Gasteiger partial charge in [0.25, 0.3) is 5.91 Å². The molecule has 7 nitrogen and oxygen atoms in total. The third-order valence-corrected chi connectivity index (χ3v) is 4.18. The smallest absolute Gasteiger partial charge is 0.268 e. The van der Waals surface area contributed by atoms with E-state index in [0.717, 1.165) is 5.56 Å². The summed E-state index contributed by atoms with van der Waals surface area (Å²) in [6, 6.07) is 14.8. The molecule has 1 aliphatic heterocycles. The lowest BCUT2D eigenvalue weighted by atomic mass is 10.2. The largest absolute Gasteiger partial charge is 0.496 e. The van der Waals surface area contributed by atoms with Crippen LogP contribution in [0, 0.1) is 0 Å². The van der Waals surface area contributed by atoms with Gasteiger partial charge in [0.1, 0.15) is 18.0 Å². The Morgan fingerprint density at radius 3 is 2.77 bits per heavy atom. The predicted molar refractivity (Wildman–Crippen MR) is 94.0 cm³/mol. The molecule has 0 saturated carbocycles. The molecular weight excluding hydrogens is 334 g/mol. The molecule has 0 bridgehead atoms. The normalized spacial score (nSPS) is 16.2. The van der Waals surface area contributed by atoms with Crippen LogP contribution in [0.5, 0.6) is 11.5 Å². The van der Waals surface area contributed by atoms with Gasteiger partial charge in [0.15, 0.2) is 6.10 Å². The average molecular weight is 351 g/mol. The number of carbonyl (C=O) groups is 1. The first-order chi connectivity index (χ1) is 12.7. The number of anilines is 1. The lowest BCUT2D eigenvalue weighted by molar-refractivity contribution is -0.125. The number of hydrogen-bond donors (Lipinski definition) is 0. The summed E-state index contributed by atoms with van der Waals surface area (Å²) in [5, 5.41) is 4.03. The van der Waals surface area contributed by atoms with Crippen LogP contribution < -0.4 is 14.4 Å². The maximum Gasteiger partial charge on any atom is 0.268 e. The first-order valence-corrected chi connectivity index (χ1v) is 8.20. The van der Waals surface area contributed by atoms with Gasteiger partial charge in [-0.15, -0.1) is 0 Å². The molecule has 2 aromatic carbocycles. The molecule has 0 spiro atoms. The molecule has 1 aliphatic rings. The summed E-state index contributed by atoms with van der Waals surface area (Å²) >= 11 is 0. The zero-order valence-corrected chi connectivity index (χ0v) is 14.4. The number of ether oxygens (including phenoxy) is 2. The Labute approximate surface area is 150 Å². The predicted octanol–water partition coefficient (Wildman–Crippen LogP) is 3.06. The number of rotatable bonds is 4. The Hall–Kier alpha value is -3.35. The van der Waals surface area contributed by atoms with Crippen molar-refractivity contribution in [2.75, 3.05) is 12.0 Å². The number of carbonyl (C=O) groups excluding carboxylic acids is 1. The molecule has 132 valence electrons. The molecule has 1 amide bonds. The van der Waals surface area contributed by atoms with Crippen LogP contribution in [-0.4, -0.2) is 29.3 Å². The van der Waals surface area contributed by atoms with E-state index < -0.39 is 6.10 Å².